The van der Waals surface area contributed by atoms with Gasteiger partial charge in [-0.3, -0.25) is 0 Å². The van der Waals surface area contributed by atoms with Crippen LogP contribution in [0.3, 0.4) is 0 Å². The van der Waals surface area contributed by atoms with E-state index in [0.717, 1.165) is 18.3 Å². The zero-order valence-electron chi connectivity index (χ0n) is 9.16. The maximum atomic E-state index is 9.35. The van der Waals surface area contributed by atoms with Gasteiger partial charge in [-0.15, -0.1) is 0 Å². The first kappa shape index (κ1) is 12.4. The van der Waals surface area contributed by atoms with E-state index in [9.17, 15) is 5.02 Å². The van der Waals surface area contributed by atoms with Crippen molar-refractivity contribution in [3.63, 3.8) is 0 Å². The van der Waals surface area contributed by atoms with Gasteiger partial charge in [0, 0.05) is 0 Å². The second-order valence-electron chi connectivity index (χ2n) is 3.57. The molecule has 0 radical (unpaired) electrons. The molecule has 82 valence electrons. The van der Waals surface area contributed by atoms with E-state index >= 15 is 0 Å². The van der Waals surface area contributed by atoms with Gasteiger partial charge in [0.25, 0.3) is 0 Å². The van der Waals surface area contributed by atoms with Crippen LogP contribution in [-0.4, -0.2) is 18.5 Å². The molecule has 2 nitrogen and oxygen atoms in total. The summed E-state index contributed by atoms with van der Waals surface area (Å²) in [6.07, 6.45) is 2.12. The summed E-state index contributed by atoms with van der Waals surface area (Å²) in [5, 5.41) is 9.91. The first-order valence-electron chi connectivity index (χ1n) is 5.25. The summed E-state index contributed by atoms with van der Waals surface area (Å²) in [5.41, 5.74) is 0.808. The monoisotopic (exact) mass is 226 g/mol. The van der Waals surface area contributed by atoms with E-state index < -0.39 is 6.92 Å². The molecule has 0 saturated carbocycles. The lowest BCUT2D eigenvalue weighted by molar-refractivity contribution is 0.309. The molecule has 0 bridgehead atoms. The minimum absolute atomic E-state index is 0.493. The van der Waals surface area contributed by atoms with Crippen molar-refractivity contribution < 1.29 is 9.76 Å². The quantitative estimate of drug-likeness (QED) is 0.617. The number of ether oxygens (including phenoxy) is 1. The van der Waals surface area contributed by atoms with E-state index in [1.807, 2.05) is 6.07 Å². The van der Waals surface area contributed by atoms with Crippen LogP contribution in [0.15, 0.2) is 18.2 Å². The fourth-order valence-corrected chi connectivity index (χ4v) is 1.46. The van der Waals surface area contributed by atoms with Gasteiger partial charge in [-0.2, -0.15) is 0 Å². The highest BCUT2D eigenvalue weighted by Gasteiger charge is 2.09. The first-order chi connectivity index (χ1) is 7.15. The molecule has 0 fully saturated rings. The summed E-state index contributed by atoms with van der Waals surface area (Å²) in [6.45, 7) is 4.02. The second kappa shape index (κ2) is 6.04. The molecule has 0 amide bonds. The van der Waals surface area contributed by atoms with Crippen molar-refractivity contribution in [3.05, 3.63) is 23.2 Å². The Morgan fingerprint density at radius 2 is 2.20 bits per heavy atom. The molecule has 0 aliphatic rings. The van der Waals surface area contributed by atoms with Gasteiger partial charge >= 0.3 is 6.92 Å². The lowest BCUT2D eigenvalue weighted by Crippen LogP contribution is -2.25. The van der Waals surface area contributed by atoms with Crippen molar-refractivity contribution >= 4 is 24.0 Å². The number of benzene rings is 1. The Kier molecular flexibility index (Phi) is 4.99. The number of hydrogen-bond acceptors (Lipinski definition) is 2. The number of unbranched alkanes of at least 4 members (excludes halogenated alkanes) is 1. The SMILES string of the molecule is CCCCOc1ccc(B(C)O)cc1Cl. The van der Waals surface area contributed by atoms with Crippen LogP contribution >= 0.6 is 11.6 Å². The molecule has 0 atom stereocenters. The number of hydrogen-bond donors (Lipinski definition) is 1. The van der Waals surface area contributed by atoms with Crippen molar-refractivity contribution in [1.29, 1.82) is 0 Å². The summed E-state index contributed by atoms with van der Waals surface area (Å²) in [7, 11) is 0. The van der Waals surface area contributed by atoms with Crippen LogP contribution in [0, 0.1) is 0 Å². The number of rotatable bonds is 5. The van der Waals surface area contributed by atoms with E-state index in [-0.39, 0.29) is 0 Å². The molecular weight excluding hydrogens is 210 g/mol. The Morgan fingerprint density at radius 1 is 1.47 bits per heavy atom. The molecule has 0 aliphatic heterocycles. The molecule has 1 aromatic rings. The first-order valence-corrected chi connectivity index (χ1v) is 5.63. The molecule has 0 unspecified atom stereocenters. The fraction of sp³-hybridized carbons (Fsp3) is 0.455. The summed E-state index contributed by atoms with van der Waals surface area (Å²) >= 11 is 6.02. The van der Waals surface area contributed by atoms with Gasteiger partial charge in [0.2, 0.25) is 0 Å². The average molecular weight is 227 g/mol. The predicted molar refractivity (Wildman–Crippen MR) is 65.3 cm³/mol. The lowest BCUT2D eigenvalue weighted by Gasteiger charge is -2.09. The van der Waals surface area contributed by atoms with Gasteiger partial charge in [-0.25, -0.2) is 0 Å². The molecule has 0 heterocycles. The molecule has 0 saturated heterocycles. The van der Waals surface area contributed by atoms with E-state index in [0.29, 0.717) is 17.4 Å². The summed E-state index contributed by atoms with van der Waals surface area (Å²) in [6, 6.07) is 5.38. The summed E-state index contributed by atoms with van der Waals surface area (Å²) in [4.78, 5) is 0. The standard InChI is InChI=1S/C11H16BClO2/c1-3-4-7-15-11-6-5-9(12(2)14)8-10(11)13/h5-6,8,14H,3-4,7H2,1-2H3. The van der Waals surface area contributed by atoms with Crippen LogP contribution in [0.2, 0.25) is 11.8 Å². The second-order valence-corrected chi connectivity index (χ2v) is 3.98. The van der Waals surface area contributed by atoms with Crippen LogP contribution < -0.4 is 10.2 Å². The molecular formula is C11H16BClO2. The van der Waals surface area contributed by atoms with Crippen molar-refractivity contribution in [2.75, 3.05) is 6.61 Å². The summed E-state index contributed by atoms with van der Waals surface area (Å²) < 4.78 is 5.50. The van der Waals surface area contributed by atoms with Gasteiger partial charge < -0.3 is 9.76 Å². The van der Waals surface area contributed by atoms with Crippen molar-refractivity contribution in [3.8, 4) is 5.75 Å². The van der Waals surface area contributed by atoms with E-state index in [4.69, 9.17) is 16.3 Å². The van der Waals surface area contributed by atoms with E-state index in [1.54, 1.807) is 19.0 Å². The molecule has 1 aromatic carbocycles. The molecule has 0 aromatic heterocycles. The average Bonchev–Trinajstić information content (AvgIpc) is 2.20. The Labute approximate surface area is 96.3 Å². The highest BCUT2D eigenvalue weighted by Crippen LogP contribution is 2.22. The molecule has 1 rings (SSSR count). The normalized spacial score (nSPS) is 10.1. The van der Waals surface area contributed by atoms with Crippen LogP contribution in [0.5, 0.6) is 5.75 Å². The topological polar surface area (TPSA) is 29.5 Å². The van der Waals surface area contributed by atoms with Gasteiger partial charge in [0.1, 0.15) is 5.75 Å². The highest BCUT2D eigenvalue weighted by molar-refractivity contribution is 6.65. The molecule has 4 heteroatoms. The van der Waals surface area contributed by atoms with Crippen molar-refractivity contribution in [1.82, 2.24) is 0 Å². The maximum Gasteiger partial charge on any atom is 0.320 e. The van der Waals surface area contributed by atoms with Crippen LogP contribution in [0.25, 0.3) is 0 Å². The Balaban J connectivity index is 2.66. The van der Waals surface area contributed by atoms with Crippen LogP contribution in [-0.2, 0) is 0 Å². The van der Waals surface area contributed by atoms with Crippen LogP contribution in [0.4, 0.5) is 0 Å². The highest BCUT2D eigenvalue weighted by atomic mass is 35.5. The van der Waals surface area contributed by atoms with Gasteiger partial charge in [0.15, 0.2) is 0 Å². The van der Waals surface area contributed by atoms with Crippen LogP contribution in [0.1, 0.15) is 19.8 Å². The van der Waals surface area contributed by atoms with Gasteiger partial charge in [-0.1, -0.05) is 37.8 Å². The smallest absolute Gasteiger partial charge is 0.320 e. The molecule has 15 heavy (non-hydrogen) atoms. The van der Waals surface area contributed by atoms with Crippen molar-refractivity contribution in [2.45, 2.75) is 26.6 Å². The van der Waals surface area contributed by atoms with Gasteiger partial charge in [-0.05, 0) is 24.0 Å². The van der Waals surface area contributed by atoms with E-state index in [1.165, 1.54) is 0 Å². The molecule has 0 aliphatic carbocycles. The zero-order valence-corrected chi connectivity index (χ0v) is 9.92. The van der Waals surface area contributed by atoms with Gasteiger partial charge in [0.05, 0.1) is 11.6 Å². The summed E-state index contributed by atoms with van der Waals surface area (Å²) in [5.74, 6) is 0.689. The zero-order chi connectivity index (χ0) is 11.3. The molecule has 1 N–H and O–H groups in total. The maximum absolute atomic E-state index is 9.35. The molecule has 0 spiro atoms. The minimum atomic E-state index is -0.493. The fourth-order valence-electron chi connectivity index (χ4n) is 1.22. The lowest BCUT2D eigenvalue weighted by atomic mass is 9.64. The third-order valence-electron chi connectivity index (χ3n) is 2.19. The third kappa shape index (κ3) is 3.76. The largest absolute Gasteiger partial charge is 0.492 e. The van der Waals surface area contributed by atoms with E-state index in [2.05, 4.69) is 6.92 Å². The Morgan fingerprint density at radius 3 is 2.73 bits per heavy atom. The van der Waals surface area contributed by atoms with Crippen molar-refractivity contribution in [2.24, 2.45) is 0 Å². The Bertz CT molecular complexity index is 315. The predicted octanol–water partition coefficient (Wildman–Crippen LogP) is 2.34. The third-order valence-corrected chi connectivity index (χ3v) is 2.49. The minimum Gasteiger partial charge on any atom is -0.492 e. The Hall–Kier alpha value is -0.665. The number of halogens is 1.